The van der Waals surface area contributed by atoms with Crippen LogP contribution in [0.15, 0.2) is 42.2 Å². The summed E-state index contributed by atoms with van der Waals surface area (Å²) in [5.41, 5.74) is 2.66. The van der Waals surface area contributed by atoms with Crippen molar-refractivity contribution in [3.8, 4) is 5.75 Å². The Bertz CT molecular complexity index is 1200. The Kier molecular flexibility index (Phi) is 5.96. The molecule has 0 spiro atoms. The van der Waals surface area contributed by atoms with Crippen molar-refractivity contribution in [2.45, 2.75) is 19.4 Å². The molecule has 1 aromatic carbocycles. The molecule has 1 aliphatic heterocycles. The topological polar surface area (TPSA) is 113 Å². The van der Waals surface area contributed by atoms with Crippen LogP contribution in [0.25, 0.3) is 5.65 Å². The minimum atomic E-state index is -0.390. The van der Waals surface area contributed by atoms with Crippen molar-refractivity contribution in [2.24, 2.45) is 0 Å². The minimum Gasteiger partial charge on any atom is -0.492 e. The fourth-order valence-corrected chi connectivity index (χ4v) is 3.73. The number of carbonyl (C=O) groups is 1. The van der Waals surface area contributed by atoms with Gasteiger partial charge in [0.25, 0.3) is 5.91 Å². The van der Waals surface area contributed by atoms with E-state index in [4.69, 9.17) is 4.74 Å². The number of rotatable bonds is 7. The highest BCUT2D eigenvalue weighted by molar-refractivity contribution is 5.94. The number of ether oxygens (including phenoxy) is 1. The first kappa shape index (κ1) is 21.2. The molecule has 0 aliphatic carbocycles. The molecule has 1 saturated heterocycles. The Morgan fingerprint density at radius 1 is 1.31 bits per heavy atom. The quantitative estimate of drug-likeness (QED) is 0.484. The number of anilines is 3. The maximum atomic E-state index is 13.0. The van der Waals surface area contributed by atoms with Gasteiger partial charge in [-0.1, -0.05) is 12.1 Å². The summed E-state index contributed by atoms with van der Waals surface area (Å²) in [6, 6.07) is 8.98. The number of likely N-dealkylation sites (tertiary alicyclic amines) is 1. The summed E-state index contributed by atoms with van der Waals surface area (Å²) in [6.45, 7) is 3.13. The predicted molar refractivity (Wildman–Crippen MR) is 121 cm³/mol. The lowest BCUT2D eigenvalue weighted by Crippen LogP contribution is -2.36. The first-order chi connectivity index (χ1) is 15.5. The van der Waals surface area contributed by atoms with Gasteiger partial charge in [0.2, 0.25) is 0 Å². The number of amides is 1. The predicted octanol–water partition coefficient (Wildman–Crippen LogP) is 2.06. The van der Waals surface area contributed by atoms with Crippen LogP contribution in [0.5, 0.6) is 5.75 Å². The van der Waals surface area contributed by atoms with Crippen LogP contribution in [0.3, 0.4) is 0 Å². The Balaban J connectivity index is 1.67. The third kappa shape index (κ3) is 3.95. The molecule has 1 atom stereocenters. The molecular weight excluding hydrogens is 410 g/mol. The molecule has 1 aliphatic rings. The van der Waals surface area contributed by atoms with Gasteiger partial charge in [0, 0.05) is 26.7 Å². The van der Waals surface area contributed by atoms with Gasteiger partial charge in [-0.05, 0) is 25.5 Å². The van der Waals surface area contributed by atoms with E-state index in [-0.39, 0.29) is 11.6 Å². The second kappa shape index (κ2) is 8.99. The molecule has 0 radical (unpaired) electrons. The number of fused-ring (bicyclic) bond motifs is 1. The van der Waals surface area contributed by atoms with Crippen molar-refractivity contribution in [3.05, 3.63) is 47.9 Å². The van der Waals surface area contributed by atoms with Crippen LogP contribution in [0.1, 0.15) is 23.8 Å². The van der Waals surface area contributed by atoms with E-state index in [1.807, 2.05) is 43.2 Å². The van der Waals surface area contributed by atoms with E-state index in [0.29, 0.717) is 48.2 Å². The van der Waals surface area contributed by atoms with Gasteiger partial charge in [-0.3, -0.25) is 4.79 Å². The molecule has 0 bridgehead atoms. The van der Waals surface area contributed by atoms with E-state index in [9.17, 15) is 9.59 Å². The van der Waals surface area contributed by atoms with Gasteiger partial charge in [0.1, 0.15) is 17.4 Å². The van der Waals surface area contributed by atoms with E-state index in [2.05, 4.69) is 26.0 Å². The lowest BCUT2D eigenvalue weighted by Gasteiger charge is -2.15. The van der Waals surface area contributed by atoms with Crippen LogP contribution in [0.2, 0.25) is 0 Å². The average molecular weight is 435 g/mol. The van der Waals surface area contributed by atoms with Gasteiger partial charge in [0.15, 0.2) is 17.2 Å². The summed E-state index contributed by atoms with van der Waals surface area (Å²) in [4.78, 5) is 30.4. The van der Waals surface area contributed by atoms with Gasteiger partial charge in [-0.25, -0.2) is 14.3 Å². The van der Waals surface area contributed by atoms with Crippen molar-refractivity contribution in [3.63, 3.8) is 0 Å². The van der Waals surface area contributed by atoms with E-state index < -0.39 is 6.04 Å². The second-order valence-electron chi connectivity index (χ2n) is 7.35. The number of benzene rings is 1. The third-order valence-corrected chi connectivity index (χ3v) is 5.32. The molecule has 1 amide bonds. The highest BCUT2D eigenvalue weighted by Crippen LogP contribution is 2.29. The molecule has 32 heavy (non-hydrogen) atoms. The molecule has 10 nitrogen and oxygen atoms in total. The van der Waals surface area contributed by atoms with E-state index in [0.717, 1.165) is 5.69 Å². The molecule has 10 heteroatoms. The highest BCUT2D eigenvalue weighted by atomic mass is 16.5. The smallest absolute Gasteiger partial charge is 0.272 e. The van der Waals surface area contributed by atoms with Gasteiger partial charge in [-0.15, -0.1) is 5.10 Å². The van der Waals surface area contributed by atoms with Gasteiger partial charge >= 0.3 is 0 Å². The summed E-state index contributed by atoms with van der Waals surface area (Å²) in [6.07, 6.45) is 2.11. The van der Waals surface area contributed by atoms with Gasteiger partial charge in [-0.2, -0.15) is 0 Å². The molecule has 3 N–H and O–H groups in total. The number of aromatic nitrogens is 3. The number of para-hydroxylation sites is 2. The van der Waals surface area contributed by atoms with Crippen LogP contribution >= 0.6 is 0 Å². The number of hydrogen-bond donors (Lipinski definition) is 3. The van der Waals surface area contributed by atoms with Gasteiger partial charge < -0.3 is 25.6 Å². The first-order valence-electron chi connectivity index (χ1n) is 10.4. The first-order valence-corrected chi connectivity index (χ1v) is 10.4. The normalized spacial score (nSPS) is 15.5. The van der Waals surface area contributed by atoms with Crippen LogP contribution in [-0.4, -0.2) is 64.6 Å². The van der Waals surface area contributed by atoms with Crippen LogP contribution in [0, 0.1) is 0 Å². The fourth-order valence-electron chi connectivity index (χ4n) is 3.73. The minimum absolute atomic E-state index is 0.262. The Labute approximate surface area is 185 Å². The van der Waals surface area contributed by atoms with Crippen LogP contribution in [-0.2, 0) is 4.79 Å². The van der Waals surface area contributed by atoms with E-state index in [1.165, 1.54) is 10.7 Å². The Morgan fingerprint density at radius 2 is 2.12 bits per heavy atom. The summed E-state index contributed by atoms with van der Waals surface area (Å²) >= 11 is 0. The van der Waals surface area contributed by atoms with E-state index in [1.54, 1.807) is 19.0 Å². The van der Waals surface area contributed by atoms with Crippen molar-refractivity contribution in [2.75, 3.05) is 37.9 Å². The van der Waals surface area contributed by atoms with Gasteiger partial charge in [0.05, 0.1) is 30.2 Å². The molecule has 166 valence electrons. The number of carbonyl (C=O) groups excluding carboxylic acids is 2. The summed E-state index contributed by atoms with van der Waals surface area (Å²) in [5.74, 6) is 2.77. The molecule has 1 fully saturated rings. The number of likely N-dealkylation sites (N-methyl/N-ethyl adjacent to an activating group) is 1. The van der Waals surface area contributed by atoms with Crippen LogP contribution < -0.4 is 20.7 Å². The van der Waals surface area contributed by atoms with Crippen molar-refractivity contribution in [1.29, 1.82) is 0 Å². The second-order valence-corrected chi connectivity index (χ2v) is 7.35. The SMILES string of the molecule is CCOc1ccccc1Nc1cc(NC)c2ncc(C(=O)N[C@@H]3CCN(C)C3=C=O)n2n1. The lowest BCUT2D eigenvalue weighted by atomic mass is 10.2. The molecule has 4 rings (SSSR count). The third-order valence-electron chi connectivity index (χ3n) is 5.32. The van der Waals surface area contributed by atoms with E-state index >= 15 is 0 Å². The summed E-state index contributed by atoms with van der Waals surface area (Å²) in [5, 5.41) is 13.8. The number of nitrogens with one attached hydrogen (secondary N) is 3. The number of nitrogens with zero attached hydrogens (tertiary/aromatic N) is 4. The van der Waals surface area contributed by atoms with Crippen molar-refractivity contribution in [1.82, 2.24) is 24.8 Å². The maximum absolute atomic E-state index is 13.0. The Morgan fingerprint density at radius 3 is 2.88 bits per heavy atom. The zero-order valence-electron chi connectivity index (χ0n) is 18.2. The standard InChI is InChI=1S/C22H25N7O3/c1-4-32-19-8-6-5-7-15(19)25-20-11-16(23-2)21-24-12-17(29(21)27-20)22(31)26-14-9-10-28(3)18(14)13-30/h5-8,11-12,14,23H,4,9-10H2,1-3H3,(H,25,27)(H,26,31)/t14-/m1/s1. The molecular formula is C22H25N7O3. The largest absolute Gasteiger partial charge is 0.492 e. The van der Waals surface area contributed by atoms with Crippen molar-refractivity contribution < 1.29 is 14.3 Å². The summed E-state index contributed by atoms with van der Waals surface area (Å²) in [7, 11) is 3.58. The Hall–Kier alpha value is -4.04. The molecule has 3 heterocycles. The molecule has 2 aromatic heterocycles. The maximum Gasteiger partial charge on any atom is 0.272 e. The zero-order chi connectivity index (χ0) is 22.7. The zero-order valence-corrected chi connectivity index (χ0v) is 18.2. The van der Waals surface area contributed by atoms with Crippen LogP contribution in [0.4, 0.5) is 17.2 Å². The monoisotopic (exact) mass is 435 g/mol. The lowest BCUT2D eigenvalue weighted by molar-refractivity contribution is 0.0936. The fraction of sp³-hybridized carbons (Fsp3) is 0.318. The summed E-state index contributed by atoms with van der Waals surface area (Å²) < 4.78 is 7.16. The molecule has 0 saturated carbocycles. The highest BCUT2D eigenvalue weighted by Gasteiger charge is 2.29. The molecule has 0 unspecified atom stereocenters. The average Bonchev–Trinajstić information content (AvgIpc) is 3.37. The number of hydrogen-bond acceptors (Lipinski definition) is 8. The van der Waals surface area contributed by atoms with Crippen molar-refractivity contribution >= 4 is 34.7 Å². The molecule has 3 aromatic rings. The number of imidazole rings is 1.